The van der Waals surface area contributed by atoms with Crippen LogP contribution >= 0.6 is 11.6 Å². The molecule has 7 nitrogen and oxygen atoms in total. The first-order valence-electron chi connectivity index (χ1n) is 15.2. The van der Waals surface area contributed by atoms with Crippen LogP contribution in [0.4, 0.5) is 5.69 Å². The lowest BCUT2D eigenvalue weighted by Crippen LogP contribution is -2.28. The maximum Gasteiger partial charge on any atom is 0.172 e. The normalized spacial score (nSPS) is 13.8. The summed E-state index contributed by atoms with van der Waals surface area (Å²) in [5.74, 6) is 0.787. The fourth-order valence-electron chi connectivity index (χ4n) is 5.73. The van der Waals surface area contributed by atoms with Crippen LogP contribution in [0.1, 0.15) is 40.6 Å². The summed E-state index contributed by atoms with van der Waals surface area (Å²) in [5, 5.41) is 19.5. The Morgan fingerprint density at radius 2 is 1.46 bits per heavy atom. The Labute approximate surface area is 274 Å². The van der Waals surface area contributed by atoms with E-state index in [2.05, 4.69) is 45.9 Å². The van der Waals surface area contributed by atoms with Crippen LogP contribution in [-0.4, -0.2) is 37.9 Å². The fraction of sp³-hybridized carbons (Fsp3) is 0.189. The Balaban J connectivity index is 1.13. The zero-order valence-electron chi connectivity index (χ0n) is 25.4. The molecule has 0 saturated heterocycles. The quantitative estimate of drug-likeness (QED) is 0.101. The fourth-order valence-corrected chi connectivity index (χ4v) is 6.89. The Morgan fingerprint density at radius 1 is 0.783 bits per heavy atom. The van der Waals surface area contributed by atoms with Gasteiger partial charge in [0, 0.05) is 47.6 Å². The van der Waals surface area contributed by atoms with E-state index in [1.165, 1.54) is 11.6 Å². The second kappa shape index (κ2) is 14.0. The van der Waals surface area contributed by atoms with E-state index in [1.807, 2.05) is 48.5 Å². The number of hydrogen-bond acceptors (Lipinski definition) is 6. The van der Waals surface area contributed by atoms with Crippen molar-refractivity contribution in [3.8, 4) is 5.75 Å². The molecule has 0 radical (unpaired) electrons. The Morgan fingerprint density at radius 3 is 2.20 bits per heavy atom. The smallest absolute Gasteiger partial charge is 0.172 e. The van der Waals surface area contributed by atoms with E-state index < -0.39 is 21.3 Å². The number of halogens is 1. The van der Waals surface area contributed by atoms with E-state index in [0.29, 0.717) is 34.9 Å². The molecule has 4 N–H and O–H groups in total. The minimum Gasteiger partial charge on any atom is -0.493 e. The lowest BCUT2D eigenvalue weighted by atomic mass is 10.0. The molecule has 0 fully saturated rings. The van der Waals surface area contributed by atoms with Crippen LogP contribution < -0.4 is 15.4 Å². The predicted molar refractivity (Wildman–Crippen MR) is 187 cm³/mol. The summed E-state index contributed by atoms with van der Waals surface area (Å²) in [6, 6.07) is 38.4. The molecular weight excluding hydrogens is 618 g/mol. The minimum absolute atomic E-state index is 0.0785. The number of hydrogen-bond donors (Lipinski definition) is 4. The van der Waals surface area contributed by atoms with Crippen molar-refractivity contribution in [3.05, 3.63) is 143 Å². The molecule has 0 bridgehead atoms. The first-order chi connectivity index (χ1) is 22.3. The number of aromatic nitrogens is 1. The van der Waals surface area contributed by atoms with Crippen LogP contribution in [0.15, 0.2) is 121 Å². The molecule has 1 aromatic heterocycles. The zero-order chi connectivity index (χ0) is 32.1. The average molecular weight is 654 g/mol. The molecule has 3 atom stereocenters. The van der Waals surface area contributed by atoms with E-state index in [0.717, 1.165) is 27.7 Å². The van der Waals surface area contributed by atoms with E-state index >= 15 is 0 Å². The number of aromatic amines is 1. The second-order valence-electron chi connectivity index (χ2n) is 11.4. The van der Waals surface area contributed by atoms with Gasteiger partial charge in [0.25, 0.3) is 0 Å². The Bertz CT molecular complexity index is 2030. The van der Waals surface area contributed by atoms with Gasteiger partial charge in [0.05, 0.1) is 28.9 Å². The predicted octanol–water partition coefficient (Wildman–Crippen LogP) is 7.96. The molecule has 9 heteroatoms. The van der Waals surface area contributed by atoms with Gasteiger partial charge in [-0.3, -0.25) is 0 Å². The highest BCUT2D eigenvalue weighted by molar-refractivity contribution is 7.91. The lowest BCUT2D eigenvalue weighted by molar-refractivity contribution is 0.166. The van der Waals surface area contributed by atoms with Gasteiger partial charge in [-0.2, -0.15) is 0 Å². The molecule has 0 saturated carbocycles. The number of anilines is 1. The molecule has 0 aliphatic rings. The molecule has 1 heterocycles. The van der Waals surface area contributed by atoms with E-state index in [9.17, 15) is 13.5 Å². The summed E-state index contributed by atoms with van der Waals surface area (Å²) in [6.45, 7) is 0.728. The van der Waals surface area contributed by atoms with Gasteiger partial charge in [-0.1, -0.05) is 96.5 Å². The third-order valence-corrected chi connectivity index (χ3v) is 9.68. The topological polar surface area (TPSA) is 103 Å². The van der Waals surface area contributed by atoms with Crippen LogP contribution in [0.25, 0.3) is 21.8 Å². The monoisotopic (exact) mass is 653 g/mol. The van der Waals surface area contributed by atoms with Crippen LogP contribution in [0.5, 0.6) is 5.75 Å². The maximum absolute atomic E-state index is 12.7. The highest BCUT2D eigenvalue weighted by atomic mass is 35.5. The summed E-state index contributed by atoms with van der Waals surface area (Å²) >= 11 is 6.48. The Kier molecular flexibility index (Phi) is 9.61. The maximum atomic E-state index is 12.7. The number of benzene rings is 5. The summed E-state index contributed by atoms with van der Waals surface area (Å²) in [4.78, 5) is 3.46. The number of nitrogens with one attached hydrogen (secondary N) is 3. The molecular formula is C37H36ClN3O4S. The zero-order valence-corrected chi connectivity index (χ0v) is 26.9. The Hall–Kier alpha value is -4.34. The van der Waals surface area contributed by atoms with Crippen LogP contribution in [0, 0.1) is 0 Å². The lowest BCUT2D eigenvalue weighted by Gasteiger charge is -2.23. The third-order valence-electron chi connectivity index (χ3n) is 8.10. The number of H-pyrrole nitrogens is 1. The van der Waals surface area contributed by atoms with E-state index in [4.69, 9.17) is 16.3 Å². The van der Waals surface area contributed by atoms with Crippen molar-refractivity contribution in [1.29, 1.82) is 0 Å². The number of aliphatic hydroxyl groups is 1. The van der Waals surface area contributed by atoms with Gasteiger partial charge in [0.15, 0.2) is 15.2 Å². The first kappa shape index (κ1) is 31.6. The molecule has 0 aliphatic carbocycles. The minimum atomic E-state index is -3.52. The van der Waals surface area contributed by atoms with Gasteiger partial charge in [0.2, 0.25) is 0 Å². The van der Waals surface area contributed by atoms with Gasteiger partial charge in [-0.15, -0.1) is 0 Å². The van der Waals surface area contributed by atoms with Gasteiger partial charge in [0.1, 0.15) is 5.75 Å². The highest BCUT2D eigenvalue weighted by Gasteiger charge is 2.24. The first-order valence-corrected chi connectivity index (χ1v) is 17.5. The number of aliphatic hydroxyl groups excluding tert-OH is 1. The SMILES string of the molecule is CS(=O)(=O)C(Nc1cc([C@@H](O)CNC(CCOc2ccc3c(c2)[nH]c2ccccc23)c2ccccc2)ccc1Cl)c1ccccc1. The van der Waals surface area contributed by atoms with Crippen LogP contribution in [0.3, 0.4) is 0 Å². The van der Waals surface area contributed by atoms with Crippen LogP contribution in [-0.2, 0) is 9.84 Å². The number of para-hydroxylation sites is 1. The molecule has 236 valence electrons. The van der Waals surface area contributed by atoms with Crippen molar-refractivity contribution in [3.63, 3.8) is 0 Å². The molecule has 5 aromatic carbocycles. The molecule has 0 spiro atoms. The van der Waals surface area contributed by atoms with Crippen molar-refractivity contribution in [2.75, 3.05) is 24.7 Å². The highest BCUT2D eigenvalue weighted by Crippen LogP contribution is 2.32. The van der Waals surface area contributed by atoms with Gasteiger partial charge < -0.3 is 25.5 Å². The van der Waals surface area contributed by atoms with Gasteiger partial charge >= 0.3 is 0 Å². The van der Waals surface area contributed by atoms with Gasteiger partial charge in [-0.25, -0.2) is 8.42 Å². The summed E-state index contributed by atoms with van der Waals surface area (Å²) in [5.41, 5.74) is 4.84. The largest absolute Gasteiger partial charge is 0.493 e. The van der Waals surface area contributed by atoms with Gasteiger partial charge in [-0.05, 0) is 47.0 Å². The standard InChI is InChI=1S/C37H36ClN3O4S/c1-46(43,44)37(26-12-6-3-7-13-26)41-35-22-27(16-19-31(35)38)36(42)24-39-32(25-10-4-2-5-11-25)20-21-45-28-17-18-30-29-14-8-9-15-33(29)40-34(30)23-28/h2-19,22-23,32,36-37,39-42H,20-21,24H2,1H3/t32?,36-,37?/m0/s1. The molecule has 6 rings (SSSR count). The van der Waals surface area contributed by atoms with E-state index in [-0.39, 0.29) is 12.6 Å². The molecule has 0 aliphatic heterocycles. The van der Waals surface area contributed by atoms with E-state index in [1.54, 1.807) is 42.5 Å². The number of rotatable bonds is 13. The van der Waals surface area contributed by atoms with Crippen molar-refractivity contribution in [2.24, 2.45) is 0 Å². The summed E-state index contributed by atoms with van der Waals surface area (Å²) < 4.78 is 31.5. The van der Waals surface area contributed by atoms with Crippen molar-refractivity contribution >= 4 is 48.9 Å². The van der Waals surface area contributed by atoms with Crippen molar-refractivity contribution in [2.45, 2.75) is 23.9 Å². The average Bonchev–Trinajstić information content (AvgIpc) is 3.44. The second-order valence-corrected chi connectivity index (χ2v) is 13.9. The molecule has 46 heavy (non-hydrogen) atoms. The molecule has 2 unspecified atom stereocenters. The summed E-state index contributed by atoms with van der Waals surface area (Å²) in [6.07, 6.45) is 0.979. The molecule has 6 aromatic rings. The summed E-state index contributed by atoms with van der Waals surface area (Å²) in [7, 11) is -3.52. The van der Waals surface area contributed by atoms with Crippen molar-refractivity contribution in [1.82, 2.24) is 10.3 Å². The number of sulfone groups is 1. The van der Waals surface area contributed by atoms with Crippen LogP contribution in [0.2, 0.25) is 5.02 Å². The molecule has 0 amide bonds. The number of ether oxygens (including phenoxy) is 1. The van der Waals surface area contributed by atoms with Crippen molar-refractivity contribution < 1.29 is 18.3 Å². The third kappa shape index (κ3) is 7.37. The number of fused-ring (bicyclic) bond motifs is 3.